The number of carbonyl (C=O) groups excluding carboxylic acids is 1. The molecule has 5 nitrogen and oxygen atoms in total. The number of rotatable bonds is 2. The molecule has 2 atom stereocenters. The third-order valence-electron chi connectivity index (χ3n) is 3.83. The predicted octanol–water partition coefficient (Wildman–Crippen LogP) is 2.37. The molecule has 1 fully saturated rings. The number of likely N-dealkylation sites (tertiary alicyclic amines) is 1. The summed E-state index contributed by atoms with van der Waals surface area (Å²) in [4.78, 5) is 13.9. The van der Waals surface area contributed by atoms with Crippen LogP contribution >= 0.6 is 23.2 Å². The summed E-state index contributed by atoms with van der Waals surface area (Å²) in [5.41, 5.74) is 0.103. The summed E-state index contributed by atoms with van der Waals surface area (Å²) in [6, 6.07) is 2.38. The Balaban J connectivity index is 2.43. The zero-order valence-electron chi connectivity index (χ0n) is 11.6. The van der Waals surface area contributed by atoms with Crippen molar-refractivity contribution in [3.8, 4) is 0 Å². The monoisotopic (exact) mass is 350 g/mol. The maximum Gasteiger partial charge on any atom is 0.255 e. The Morgan fingerprint density at radius 2 is 1.71 bits per heavy atom. The Kier molecular flexibility index (Phi) is 4.54. The van der Waals surface area contributed by atoms with Gasteiger partial charge >= 0.3 is 0 Å². The minimum Gasteiger partial charge on any atom is -0.338 e. The van der Waals surface area contributed by atoms with Gasteiger partial charge in [-0.05, 0) is 24.0 Å². The number of nitrogens with zero attached hydrogens (tertiary/aromatic N) is 1. The highest BCUT2D eigenvalue weighted by molar-refractivity contribution is 7.89. The molecule has 2 unspecified atom stereocenters. The van der Waals surface area contributed by atoms with Crippen LogP contribution in [-0.4, -0.2) is 32.3 Å². The van der Waals surface area contributed by atoms with Crippen LogP contribution in [0.1, 0.15) is 24.2 Å². The number of hydrogen-bond donors (Lipinski definition) is 1. The first kappa shape index (κ1) is 16.5. The number of carbonyl (C=O) groups is 1. The molecule has 1 saturated heterocycles. The number of halogens is 2. The molecule has 0 bridgehead atoms. The molecule has 0 aromatic heterocycles. The number of primary sulfonamides is 1. The van der Waals surface area contributed by atoms with Crippen LogP contribution in [0.15, 0.2) is 17.0 Å². The molecule has 0 radical (unpaired) electrons. The van der Waals surface area contributed by atoms with Gasteiger partial charge in [0.05, 0.1) is 15.6 Å². The minimum atomic E-state index is -4.01. The van der Waals surface area contributed by atoms with E-state index in [-0.39, 0.29) is 26.4 Å². The number of nitrogens with two attached hydrogens (primary N) is 1. The van der Waals surface area contributed by atoms with Crippen LogP contribution < -0.4 is 5.14 Å². The van der Waals surface area contributed by atoms with Crippen molar-refractivity contribution in [2.45, 2.75) is 18.7 Å². The molecule has 2 rings (SSSR count). The van der Waals surface area contributed by atoms with E-state index in [9.17, 15) is 13.2 Å². The van der Waals surface area contributed by atoms with Crippen LogP contribution in [0.3, 0.4) is 0 Å². The molecule has 21 heavy (non-hydrogen) atoms. The normalized spacial score (nSPS) is 22.6. The number of sulfonamides is 1. The highest BCUT2D eigenvalue weighted by atomic mass is 35.5. The molecule has 2 N–H and O–H groups in total. The summed E-state index contributed by atoms with van der Waals surface area (Å²) in [6.45, 7) is 5.36. The van der Waals surface area contributed by atoms with Crippen molar-refractivity contribution in [2.24, 2.45) is 17.0 Å². The first-order valence-corrected chi connectivity index (χ1v) is 8.72. The van der Waals surface area contributed by atoms with Gasteiger partial charge in [-0.25, -0.2) is 13.6 Å². The Bertz CT molecular complexity index is 681. The molecule has 1 aromatic carbocycles. The Morgan fingerprint density at radius 3 is 2.19 bits per heavy atom. The van der Waals surface area contributed by atoms with E-state index in [1.54, 1.807) is 4.90 Å². The van der Waals surface area contributed by atoms with Gasteiger partial charge in [0.2, 0.25) is 10.0 Å². The highest BCUT2D eigenvalue weighted by Gasteiger charge is 2.31. The third kappa shape index (κ3) is 3.34. The summed E-state index contributed by atoms with van der Waals surface area (Å²) < 4.78 is 23.0. The van der Waals surface area contributed by atoms with Crippen molar-refractivity contribution in [3.63, 3.8) is 0 Å². The van der Waals surface area contributed by atoms with Gasteiger partial charge in [0, 0.05) is 13.1 Å². The SMILES string of the molecule is CC1CN(C(=O)c2cc(S(N)(=O)=O)c(Cl)cc2Cl)CC1C. The number of benzene rings is 1. The number of hydrogen-bond acceptors (Lipinski definition) is 3. The highest BCUT2D eigenvalue weighted by Crippen LogP contribution is 2.31. The van der Waals surface area contributed by atoms with Gasteiger partial charge in [-0.2, -0.15) is 0 Å². The van der Waals surface area contributed by atoms with Gasteiger partial charge < -0.3 is 4.90 Å². The molecule has 1 aliphatic rings. The number of amides is 1. The molecule has 1 aromatic rings. The van der Waals surface area contributed by atoms with E-state index in [2.05, 4.69) is 13.8 Å². The maximum atomic E-state index is 12.5. The molecule has 1 aliphatic heterocycles. The van der Waals surface area contributed by atoms with Crippen molar-refractivity contribution in [1.82, 2.24) is 4.90 Å². The molecule has 0 aliphatic carbocycles. The molecular formula is C13H16Cl2N2O3S. The Labute approximate surface area is 134 Å². The fourth-order valence-corrected chi connectivity index (χ4v) is 3.78. The summed E-state index contributed by atoms with van der Waals surface area (Å²) in [5.74, 6) is 0.466. The quantitative estimate of drug-likeness (QED) is 0.888. The molecule has 1 heterocycles. The third-order valence-corrected chi connectivity index (χ3v) is 5.52. The van der Waals surface area contributed by atoms with Crippen LogP contribution in [0.25, 0.3) is 0 Å². The molecule has 116 valence electrons. The van der Waals surface area contributed by atoms with Crippen LogP contribution in [0.2, 0.25) is 10.0 Å². The molecule has 8 heteroatoms. The zero-order chi connectivity index (χ0) is 15.9. The van der Waals surface area contributed by atoms with E-state index in [1.165, 1.54) is 6.07 Å². The smallest absolute Gasteiger partial charge is 0.255 e. The molecule has 0 spiro atoms. The molecule has 1 amide bonds. The lowest BCUT2D eigenvalue weighted by atomic mass is 10.0. The fraction of sp³-hybridized carbons (Fsp3) is 0.462. The van der Waals surface area contributed by atoms with Crippen molar-refractivity contribution < 1.29 is 13.2 Å². The van der Waals surface area contributed by atoms with Crippen molar-refractivity contribution in [3.05, 3.63) is 27.7 Å². The largest absolute Gasteiger partial charge is 0.338 e. The predicted molar refractivity (Wildman–Crippen MR) is 82.1 cm³/mol. The standard InChI is InChI=1S/C13H16Cl2N2O3S/c1-7-5-17(6-8(7)2)13(18)9-3-12(21(16,19)20)11(15)4-10(9)14/h3-4,7-8H,5-6H2,1-2H3,(H2,16,19,20). The maximum absolute atomic E-state index is 12.5. The lowest BCUT2D eigenvalue weighted by molar-refractivity contribution is 0.0785. The van der Waals surface area contributed by atoms with Crippen LogP contribution in [0, 0.1) is 11.8 Å². The van der Waals surface area contributed by atoms with Gasteiger partial charge in [0.15, 0.2) is 0 Å². The summed E-state index contributed by atoms with van der Waals surface area (Å²) >= 11 is 11.9. The second-order valence-electron chi connectivity index (χ2n) is 5.47. The van der Waals surface area contributed by atoms with Crippen LogP contribution in [0.5, 0.6) is 0 Å². The van der Waals surface area contributed by atoms with E-state index in [1.807, 2.05) is 0 Å². The van der Waals surface area contributed by atoms with Gasteiger partial charge in [0.1, 0.15) is 4.90 Å². The van der Waals surface area contributed by atoms with E-state index < -0.39 is 10.0 Å². The van der Waals surface area contributed by atoms with E-state index in [0.29, 0.717) is 24.9 Å². The lowest BCUT2D eigenvalue weighted by Crippen LogP contribution is -2.29. The van der Waals surface area contributed by atoms with Crippen molar-refractivity contribution in [2.75, 3.05) is 13.1 Å². The first-order chi connectivity index (χ1) is 9.61. The first-order valence-electron chi connectivity index (χ1n) is 6.42. The van der Waals surface area contributed by atoms with Gasteiger partial charge in [-0.3, -0.25) is 4.79 Å². The minimum absolute atomic E-state index is 0.0952. The average Bonchev–Trinajstić information content (AvgIpc) is 2.67. The molecule has 0 saturated carbocycles. The summed E-state index contributed by atoms with van der Waals surface area (Å²) in [5, 5.41) is 5.11. The summed E-state index contributed by atoms with van der Waals surface area (Å²) in [6.07, 6.45) is 0. The van der Waals surface area contributed by atoms with Gasteiger partial charge in [-0.1, -0.05) is 37.0 Å². The van der Waals surface area contributed by atoms with Crippen molar-refractivity contribution in [1.29, 1.82) is 0 Å². The van der Waals surface area contributed by atoms with Crippen molar-refractivity contribution >= 4 is 39.1 Å². The van der Waals surface area contributed by atoms with E-state index in [4.69, 9.17) is 28.3 Å². The van der Waals surface area contributed by atoms with Gasteiger partial charge in [0.25, 0.3) is 5.91 Å². The fourth-order valence-electron chi connectivity index (χ4n) is 2.38. The van der Waals surface area contributed by atoms with Gasteiger partial charge in [-0.15, -0.1) is 0 Å². The topological polar surface area (TPSA) is 80.5 Å². The lowest BCUT2D eigenvalue weighted by Gasteiger charge is -2.17. The Morgan fingerprint density at radius 1 is 1.19 bits per heavy atom. The zero-order valence-corrected chi connectivity index (χ0v) is 14.0. The molecular weight excluding hydrogens is 335 g/mol. The average molecular weight is 351 g/mol. The van der Waals surface area contributed by atoms with E-state index >= 15 is 0 Å². The Hall–Kier alpha value is -0.820. The second-order valence-corrected chi connectivity index (χ2v) is 7.82. The van der Waals surface area contributed by atoms with Crippen LogP contribution in [0.4, 0.5) is 0 Å². The van der Waals surface area contributed by atoms with Crippen LogP contribution in [-0.2, 0) is 10.0 Å². The van der Waals surface area contributed by atoms with E-state index in [0.717, 1.165) is 6.07 Å². The second kappa shape index (κ2) is 5.76. The summed E-state index contributed by atoms with van der Waals surface area (Å²) in [7, 11) is -4.01.